The molecule has 0 unspecified atom stereocenters. The Morgan fingerprint density at radius 3 is 2.92 bits per heavy atom. The van der Waals surface area contributed by atoms with Crippen molar-refractivity contribution in [2.75, 3.05) is 19.8 Å². The van der Waals surface area contributed by atoms with E-state index in [1.54, 1.807) is 37.3 Å². The van der Waals surface area contributed by atoms with Gasteiger partial charge in [0.2, 0.25) is 0 Å². The summed E-state index contributed by atoms with van der Waals surface area (Å²) in [6.45, 7) is 2.59. The van der Waals surface area contributed by atoms with E-state index in [0.29, 0.717) is 23.9 Å². The predicted octanol–water partition coefficient (Wildman–Crippen LogP) is 3.66. The molecule has 2 aromatic rings. The molecule has 3 rings (SSSR count). The molecule has 0 amide bonds. The molecule has 2 aromatic carbocycles. The van der Waals surface area contributed by atoms with Crippen LogP contribution in [0, 0.1) is 5.82 Å². The number of carbonyl (C=O) groups excluding carboxylic acids is 1. The van der Waals surface area contributed by atoms with Gasteiger partial charge < -0.3 is 14.8 Å². The first-order valence-corrected chi connectivity index (χ1v) is 8.56. The lowest BCUT2D eigenvalue weighted by Gasteiger charge is -2.28. The molecule has 1 atom stereocenters. The van der Waals surface area contributed by atoms with Crippen LogP contribution in [0.5, 0.6) is 5.75 Å². The molecule has 0 spiro atoms. The standard InChI is InChI=1S/C19H19ClFNO3/c1-2-24-18(23)11-25-17-6-3-13(20)10-16(17)19-15-5-4-14(21)9-12(15)7-8-22-19/h3-6,9-10,19,22H,2,7-8,11H2,1H3/t19-/m0/s1. The van der Waals surface area contributed by atoms with Gasteiger partial charge in [0.25, 0.3) is 0 Å². The first-order valence-electron chi connectivity index (χ1n) is 8.18. The van der Waals surface area contributed by atoms with E-state index in [-0.39, 0.29) is 18.5 Å². The zero-order chi connectivity index (χ0) is 17.8. The van der Waals surface area contributed by atoms with Crippen LogP contribution in [0.1, 0.15) is 29.7 Å². The molecule has 1 heterocycles. The number of halogens is 2. The van der Waals surface area contributed by atoms with Gasteiger partial charge in [0.15, 0.2) is 6.61 Å². The van der Waals surface area contributed by atoms with Gasteiger partial charge in [-0.15, -0.1) is 0 Å². The molecule has 0 bridgehead atoms. The van der Waals surface area contributed by atoms with Crippen molar-refractivity contribution in [3.63, 3.8) is 0 Å². The van der Waals surface area contributed by atoms with Crippen LogP contribution in [0.3, 0.4) is 0 Å². The third-order valence-electron chi connectivity index (χ3n) is 4.09. The highest BCUT2D eigenvalue weighted by Crippen LogP contribution is 2.36. The Hall–Kier alpha value is -2.11. The van der Waals surface area contributed by atoms with Crippen molar-refractivity contribution in [2.24, 2.45) is 0 Å². The average Bonchev–Trinajstić information content (AvgIpc) is 2.60. The van der Waals surface area contributed by atoms with Gasteiger partial charge in [-0.25, -0.2) is 9.18 Å². The molecular weight excluding hydrogens is 345 g/mol. The van der Waals surface area contributed by atoms with E-state index >= 15 is 0 Å². The van der Waals surface area contributed by atoms with E-state index < -0.39 is 5.97 Å². The molecule has 0 radical (unpaired) electrons. The number of carbonyl (C=O) groups is 1. The number of nitrogens with one attached hydrogen (secondary N) is 1. The van der Waals surface area contributed by atoms with Crippen molar-refractivity contribution in [1.82, 2.24) is 5.32 Å². The summed E-state index contributed by atoms with van der Waals surface area (Å²) in [5, 5.41) is 3.98. The second kappa shape index (κ2) is 7.85. The van der Waals surface area contributed by atoms with E-state index in [1.807, 2.05) is 0 Å². The Balaban J connectivity index is 1.92. The molecule has 0 aromatic heterocycles. The fourth-order valence-corrected chi connectivity index (χ4v) is 3.21. The minimum atomic E-state index is -0.428. The number of ether oxygens (including phenoxy) is 2. The van der Waals surface area contributed by atoms with Crippen LogP contribution in [0.15, 0.2) is 36.4 Å². The predicted molar refractivity (Wildman–Crippen MR) is 93.5 cm³/mol. The molecule has 6 heteroatoms. The maximum atomic E-state index is 13.5. The van der Waals surface area contributed by atoms with Crippen LogP contribution < -0.4 is 10.1 Å². The largest absolute Gasteiger partial charge is 0.482 e. The van der Waals surface area contributed by atoms with Crippen LogP contribution in [0.25, 0.3) is 0 Å². The van der Waals surface area contributed by atoms with Crippen molar-refractivity contribution < 1.29 is 18.7 Å². The minimum Gasteiger partial charge on any atom is -0.482 e. The molecule has 1 N–H and O–H groups in total. The Bertz CT molecular complexity index is 781. The zero-order valence-electron chi connectivity index (χ0n) is 13.9. The highest BCUT2D eigenvalue weighted by molar-refractivity contribution is 6.30. The van der Waals surface area contributed by atoms with E-state index in [0.717, 1.165) is 23.1 Å². The summed E-state index contributed by atoms with van der Waals surface area (Å²) in [6.07, 6.45) is 0.753. The topological polar surface area (TPSA) is 47.6 Å². The minimum absolute atomic E-state index is 0.175. The Kier molecular flexibility index (Phi) is 5.56. The summed E-state index contributed by atoms with van der Waals surface area (Å²) < 4.78 is 24.1. The Morgan fingerprint density at radius 2 is 2.12 bits per heavy atom. The number of hydrogen-bond donors (Lipinski definition) is 1. The van der Waals surface area contributed by atoms with Crippen LogP contribution >= 0.6 is 11.6 Å². The van der Waals surface area contributed by atoms with Gasteiger partial charge in [0.1, 0.15) is 11.6 Å². The van der Waals surface area contributed by atoms with E-state index in [1.165, 1.54) is 6.07 Å². The zero-order valence-corrected chi connectivity index (χ0v) is 14.6. The van der Waals surface area contributed by atoms with Crippen molar-refractivity contribution in [1.29, 1.82) is 0 Å². The summed E-state index contributed by atoms with van der Waals surface area (Å²) in [6, 6.07) is 9.85. The summed E-state index contributed by atoms with van der Waals surface area (Å²) >= 11 is 6.17. The highest BCUT2D eigenvalue weighted by Gasteiger charge is 2.25. The van der Waals surface area contributed by atoms with Crippen molar-refractivity contribution in [3.8, 4) is 5.75 Å². The lowest BCUT2D eigenvalue weighted by molar-refractivity contribution is -0.145. The van der Waals surface area contributed by atoms with Crippen LogP contribution in [0.2, 0.25) is 5.02 Å². The molecule has 0 saturated heterocycles. The van der Waals surface area contributed by atoms with Gasteiger partial charge in [-0.2, -0.15) is 0 Å². The van der Waals surface area contributed by atoms with Gasteiger partial charge in [-0.1, -0.05) is 17.7 Å². The Labute approximate surface area is 150 Å². The number of rotatable bonds is 5. The quantitative estimate of drug-likeness (QED) is 0.824. The molecule has 25 heavy (non-hydrogen) atoms. The number of benzene rings is 2. The molecule has 4 nitrogen and oxygen atoms in total. The summed E-state index contributed by atoms with van der Waals surface area (Å²) in [5.74, 6) is -0.126. The van der Waals surface area contributed by atoms with Crippen molar-refractivity contribution >= 4 is 17.6 Å². The van der Waals surface area contributed by atoms with E-state index in [4.69, 9.17) is 21.1 Å². The summed E-state index contributed by atoms with van der Waals surface area (Å²) in [5.41, 5.74) is 2.75. The first kappa shape index (κ1) is 17.7. The first-order chi connectivity index (χ1) is 12.1. The smallest absolute Gasteiger partial charge is 0.344 e. The maximum Gasteiger partial charge on any atom is 0.344 e. The van der Waals surface area contributed by atoms with Gasteiger partial charge in [0, 0.05) is 17.1 Å². The molecule has 1 aliphatic heterocycles. The number of hydrogen-bond acceptors (Lipinski definition) is 4. The third kappa shape index (κ3) is 4.11. The summed E-state index contributed by atoms with van der Waals surface area (Å²) in [4.78, 5) is 11.6. The second-order valence-electron chi connectivity index (χ2n) is 5.76. The van der Waals surface area contributed by atoms with Crippen molar-refractivity contribution in [3.05, 3.63) is 63.9 Å². The normalized spacial score (nSPS) is 16.2. The molecule has 1 aliphatic rings. The monoisotopic (exact) mass is 363 g/mol. The van der Waals surface area contributed by atoms with E-state index in [9.17, 15) is 9.18 Å². The number of fused-ring (bicyclic) bond motifs is 1. The fraction of sp³-hybridized carbons (Fsp3) is 0.316. The van der Waals surface area contributed by atoms with Crippen LogP contribution in [0.4, 0.5) is 4.39 Å². The lowest BCUT2D eigenvalue weighted by Crippen LogP contribution is -2.31. The van der Waals surface area contributed by atoms with Crippen molar-refractivity contribution in [2.45, 2.75) is 19.4 Å². The fourth-order valence-electron chi connectivity index (χ4n) is 3.03. The van der Waals surface area contributed by atoms with Gasteiger partial charge >= 0.3 is 5.97 Å². The Morgan fingerprint density at radius 1 is 1.28 bits per heavy atom. The molecule has 132 valence electrons. The lowest BCUT2D eigenvalue weighted by atomic mass is 9.89. The maximum absolute atomic E-state index is 13.5. The molecule has 0 fully saturated rings. The van der Waals surface area contributed by atoms with Gasteiger partial charge in [-0.05, 0) is 54.8 Å². The summed E-state index contributed by atoms with van der Waals surface area (Å²) in [7, 11) is 0. The van der Waals surface area contributed by atoms with Crippen LogP contribution in [-0.2, 0) is 16.0 Å². The number of esters is 1. The highest BCUT2D eigenvalue weighted by atomic mass is 35.5. The molecule has 0 saturated carbocycles. The van der Waals surface area contributed by atoms with Gasteiger partial charge in [-0.3, -0.25) is 0 Å². The second-order valence-corrected chi connectivity index (χ2v) is 6.19. The molecular formula is C19H19ClFNO3. The molecule has 0 aliphatic carbocycles. The average molecular weight is 364 g/mol. The third-order valence-corrected chi connectivity index (χ3v) is 4.33. The van der Waals surface area contributed by atoms with E-state index in [2.05, 4.69) is 5.32 Å². The SMILES string of the molecule is CCOC(=O)COc1ccc(Cl)cc1[C@H]1NCCc2cc(F)ccc21. The van der Waals surface area contributed by atoms with Gasteiger partial charge in [0.05, 0.1) is 12.6 Å². The van der Waals surface area contributed by atoms with Crippen LogP contribution in [-0.4, -0.2) is 25.7 Å².